The van der Waals surface area contributed by atoms with E-state index in [1.54, 1.807) is 27.7 Å². The van der Waals surface area contributed by atoms with Gasteiger partial charge in [0.05, 0.1) is 29.5 Å². The maximum absolute atomic E-state index is 13.7. The summed E-state index contributed by atoms with van der Waals surface area (Å²) in [6.45, 7) is 4.19. The zero-order chi connectivity index (χ0) is 19.3. The monoisotopic (exact) mass is 412 g/mol. The van der Waals surface area contributed by atoms with Gasteiger partial charge in [0.2, 0.25) is 5.78 Å². The molecule has 5 rings (SSSR count). The fraction of sp³-hybridized carbons (Fsp3) is 0.350. The number of quaternary nitrogens is 1. The first-order chi connectivity index (χ1) is 13.7. The van der Waals surface area contributed by atoms with Crippen molar-refractivity contribution < 1.29 is 4.90 Å². The van der Waals surface area contributed by atoms with Crippen molar-refractivity contribution in [3.05, 3.63) is 51.1 Å². The molecule has 1 N–H and O–H groups in total. The average molecular weight is 413 g/mol. The molecular formula is C20H22N5OS2+. The standard InChI is InChI=1S/C20H21N5OS2/c1-3-11-27-20-22-21-19-24(13-7-5-4-6-8-13)17(26)16-14-9-10-23(2)12-15(14)28-18(16)25(19)20/h4-8H,3,9-12H2,1-2H3/p+1. The number of likely N-dealkylation sites (N-methyl/N-ethyl adjacent to an activating group) is 1. The van der Waals surface area contributed by atoms with E-state index >= 15 is 0 Å². The van der Waals surface area contributed by atoms with Gasteiger partial charge in [0.1, 0.15) is 11.4 Å². The Labute approximate surface area is 170 Å². The summed E-state index contributed by atoms with van der Waals surface area (Å²) in [6.07, 6.45) is 2.01. The number of nitrogens with zero attached hydrogens (tertiary/aromatic N) is 4. The number of para-hydroxylation sites is 1. The number of hydrogen-bond donors (Lipinski definition) is 1. The molecule has 1 aromatic carbocycles. The van der Waals surface area contributed by atoms with Crippen LogP contribution in [0, 0.1) is 0 Å². The van der Waals surface area contributed by atoms with Crippen molar-refractivity contribution in [2.45, 2.75) is 31.5 Å². The lowest BCUT2D eigenvalue weighted by molar-refractivity contribution is -0.895. The molecule has 0 bridgehead atoms. The minimum absolute atomic E-state index is 0.0187. The van der Waals surface area contributed by atoms with Gasteiger partial charge < -0.3 is 4.90 Å². The molecule has 144 valence electrons. The highest BCUT2D eigenvalue weighted by Crippen LogP contribution is 2.33. The Morgan fingerprint density at radius 1 is 1.25 bits per heavy atom. The molecule has 0 saturated carbocycles. The lowest BCUT2D eigenvalue weighted by atomic mass is 10.1. The minimum Gasteiger partial charge on any atom is -0.333 e. The SMILES string of the molecule is CCCSc1nnc2n(-c3ccccc3)c(=O)c3c4c(sc3n12)C[NH+](C)CC4. The van der Waals surface area contributed by atoms with E-state index in [1.165, 1.54) is 15.3 Å². The number of rotatable bonds is 4. The Balaban J connectivity index is 1.90. The van der Waals surface area contributed by atoms with Crippen LogP contribution in [0.2, 0.25) is 0 Å². The molecule has 0 saturated heterocycles. The minimum atomic E-state index is 0.0187. The second-order valence-electron chi connectivity index (χ2n) is 7.26. The Bertz CT molecular complexity index is 1220. The van der Waals surface area contributed by atoms with Gasteiger partial charge in [-0.3, -0.25) is 4.79 Å². The number of nitrogens with one attached hydrogen (secondary N) is 1. The summed E-state index contributed by atoms with van der Waals surface area (Å²) < 4.78 is 3.83. The molecule has 8 heteroatoms. The maximum atomic E-state index is 13.7. The van der Waals surface area contributed by atoms with E-state index in [4.69, 9.17) is 0 Å². The van der Waals surface area contributed by atoms with E-state index < -0.39 is 0 Å². The first-order valence-corrected chi connectivity index (χ1v) is 11.4. The zero-order valence-corrected chi connectivity index (χ0v) is 17.6. The highest BCUT2D eigenvalue weighted by Gasteiger charge is 2.28. The summed E-state index contributed by atoms with van der Waals surface area (Å²) in [4.78, 5) is 17.5. The Morgan fingerprint density at radius 2 is 2.07 bits per heavy atom. The van der Waals surface area contributed by atoms with E-state index in [0.717, 1.165) is 52.7 Å². The average Bonchev–Trinajstić information content (AvgIpc) is 3.28. The molecular weight excluding hydrogens is 390 g/mol. The van der Waals surface area contributed by atoms with Crippen LogP contribution >= 0.6 is 23.1 Å². The predicted octanol–water partition coefficient (Wildman–Crippen LogP) is 2.17. The van der Waals surface area contributed by atoms with Gasteiger partial charge in [-0.1, -0.05) is 36.9 Å². The fourth-order valence-corrected chi connectivity index (χ4v) is 6.16. The Kier molecular flexibility index (Phi) is 4.49. The lowest BCUT2D eigenvalue weighted by Crippen LogP contribution is -3.08. The molecule has 28 heavy (non-hydrogen) atoms. The van der Waals surface area contributed by atoms with Crippen molar-refractivity contribution in [2.75, 3.05) is 19.3 Å². The second kappa shape index (κ2) is 7.02. The van der Waals surface area contributed by atoms with Crippen molar-refractivity contribution in [3.8, 4) is 5.69 Å². The Hall–Kier alpha value is -2.16. The summed E-state index contributed by atoms with van der Waals surface area (Å²) in [5.74, 6) is 1.58. The van der Waals surface area contributed by atoms with Gasteiger partial charge in [-0.05, 0) is 24.1 Å². The van der Waals surface area contributed by atoms with Gasteiger partial charge in [-0.15, -0.1) is 21.5 Å². The molecule has 1 aliphatic rings. The van der Waals surface area contributed by atoms with Crippen LogP contribution in [-0.2, 0) is 13.0 Å². The fourth-order valence-electron chi connectivity index (χ4n) is 3.87. The third kappa shape index (κ3) is 2.70. The quantitative estimate of drug-likeness (QED) is 0.522. The topological polar surface area (TPSA) is 56.6 Å². The lowest BCUT2D eigenvalue weighted by Gasteiger charge is -2.19. The summed E-state index contributed by atoms with van der Waals surface area (Å²) in [5, 5.41) is 10.6. The van der Waals surface area contributed by atoms with E-state index in [1.807, 2.05) is 30.3 Å². The zero-order valence-electron chi connectivity index (χ0n) is 15.9. The van der Waals surface area contributed by atoms with E-state index in [-0.39, 0.29) is 5.56 Å². The van der Waals surface area contributed by atoms with Gasteiger partial charge in [0.15, 0.2) is 5.16 Å². The molecule has 0 amide bonds. The predicted molar refractivity (Wildman–Crippen MR) is 114 cm³/mol. The van der Waals surface area contributed by atoms with Crippen LogP contribution in [0.15, 0.2) is 40.3 Å². The molecule has 1 atom stereocenters. The molecule has 0 spiro atoms. The molecule has 6 nitrogen and oxygen atoms in total. The van der Waals surface area contributed by atoms with Gasteiger partial charge >= 0.3 is 0 Å². The van der Waals surface area contributed by atoms with Gasteiger partial charge in [-0.25, -0.2) is 8.97 Å². The summed E-state index contributed by atoms with van der Waals surface area (Å²) in [7, 11) is 2.21. The molecule has 0 radical (unpaired) electrons. The van der Waals surface area contributed by atoms with Crippen molar-refractivity contribution in [3.63, 3.8) is 0 Å². The second-order valence-corrected chi connectivity index (χ2v) is 9.41. The van der Waals surface area contributed by atoms with Gasteiger partial charge in [-0.2, -0.15) is 0 Å². The van der Waals surface area contributed by atoms with Gasteiger partial charge in [0, 0.05) is 12.2 Å². The largest absolute Gasteiger partial charge is 0.333 e. The van der Waals surface area contributed by atoms with Crippen LogP contribution in [-0.4, -0.2) is 38.5 Å². The van der Waals surface area contributed by atoms with Crippen LogP contribution in [0.25, 0.3) is 21.7 Å². The molecule has 1 aliphatic heterocycles. The molecule has 3 aromatic heterocycles. The first-order valence-electron chi connectivity index (χ1n) is 9.63. The van der Waals surface area contributed by atoms with Crippen LogP contribution in [0.4, 0.5) is 0 Å². The number of thiophene rings is 1. The Morgan fingerprint density at radius 3 is 2.86 bits per heavy atom. The highest BCUT2D eigenvalue weighted by molar-refractivity contribution is 7.99. The third-order valence-electron chi connectivity index (χ3n) is 5.22. The summed E-state index contributed by atoms with van der Waals surface area (Å²) in [6, 6.07) is 9.77. The summed E-state index contributed by atoms with van der Waals surface area (Å²) in [5.41, 5.74) is 2.07. The molecule has 0 aliphatic carbocycles. The molecule has 1 unspecified atom stereocenters. The number of thioether (sulfide) groups is 1. The van der Waals surface area contributed by atoms with Crippen molar-refractivity contribution in [2.24, 2.45) is 0 Å². The normalized spacial score (nSPS) is 16.7. The molecule has 4 heterocycles. The van der Waals surface area contributed by atoms with Crippen molar-refractivity contribution in [1.82, 2.24) is 19.2 Å². The van der Waals surface area contributed by atoms with Gasteiger partial charge in [0.25, 0.3) is 5.56 Å². The molecule has 4 aromatic rings. The van der Waals surface area contributed by atoms with Crippen LogP contribution in [0.1, 0.15) is 23.8 Å². The number of aromatic nitrogens is 4. The number of hydrogen-bond acceptors (Lipinski definition) is 5. The molecule has 0 fully saturated rings. The first kappa shape index (κ1) is 17.9. The smallest absolute Gasteiger partial charge is 0.268 e. The van der Waals surface area contributed by atoms with E-state index in [2.05, 4.69) is 28.6 Å². The highest BCUT2D eigenvalue weighted by atomic mass is 32.2. The van der Waals surface area contributed by atoms with E-state index in [9.17, 15) is 4.79 Å². The van der Waals surface area contributed by atoms with Crippen molar-refractivity contribution in [1.29, 1.82) is 0 Å². The van der Waals surface area contributed by atoms with Crippen molar-refractivity contribution >= 4 is 39.1 Å². The van der Waals surface area contributed by atoms with E-state index in [0.29, 0.717) is 5.78 Å². The number of benzene rings is 1. The van der Waals surface area contributed by atoms with Crippen LogP contribution in [0.3, 0.4) is 0 Å². The van der Waals surface area contributed by atoms with Crippen LogP contribution in [0.5, 0.6) is 0 Å². The summed E-state index contributed by atoms with van der Waals surface area (Å²) >= 11 is 3.44. The third-order valence-corrected chi connectivity index (χ3v) is 7.57. The number of fused-ring (bicyclic) bond motifs is 5. The van der Waals surface area contributed by atoms with Crippen LogP contribution < -0.4 is 10.5 Å². The maximum Gasteiger partial charge on any atom is 0.268 e.